The second kappa shape index (κ2) is 8.78. The lowest BCUT2D eigenvalue weighted by Gasteiger charge is -2.45. The monoisotopic (exact) mass is 393 g/mol. The van der Waals surface area contributed by atoms with Crippen LogP contribution in [0.4, 0.5) is 0 Å². The van der Waals surface area contributed by atoms with Crippen LogP contribution >= 0.6 is 0 Å². The molecule has 2 aromatic carbocycles. The summed E-state index contributed by atoms with van der Waals surface area (Å²) in [5, 5.41) is 0. The summed E-state index contributed by atoms with van der Waals surface area (Å²) in [7, 11) is 0. The highest BCUT2D eigenvalue weighted by Gasteiger charge is 2.38. The van der Waals surface area contributed by atoms with Crippen LogP contribution in [0.2, 0.25) is 0 Å². The average Bonchev–Trinajstić information content (AvgIpc) is 2.71. The van der Waals surface area contributed by atoms with E-state index in [2.05, 4.69) is 24.8 Å². The first-order chi connectivity index (χ1) is 13.8. The lowest BCUT2D eigenvalue weighted by molar-refractivity contribution is -0.122. The summed E-state index contributed by atoms with van der Waals surface area (Å²) in [5.74, 6) is -0.480. The number of rotatable bonds is 7. The first-order valence-corrected chi connectivity index (χ1v) is 10.3. The summed E-state index contributed by atoms with van der Waals surface area (Å²) in [4.78, 5) is 26.0. The topological polar surface area (TPSA) is 89.4 Å². The molecule has 0 spiro atoms. The third-order valence-corrected chi connectivity index (χ3v) is 6.58. The number of hydrogen-bond acceptors (Lipinski definition) is 3. The molecule has 1 aliphatic heterocycles. The van der Waals surface area contributed by atoms with E-state index in [-0.39, 0.29) is 17.2 Å². The maximum absolute atomic E-state index is 12.1. The zero-order valence-corrected chi connectivity index (χ0v) is 17.3. The number of likely N-dealkylation sites (tertiary alicyclic amines) is 1. The Bertz CT molecular complexity index is 867. The Morgan fingerprint density at radius 1 is 1.14 bits per heavy atom. The molecule has 3 atom stereocenters. The number of piperidine rings is 1. The smallest absolute Gasteiger partial charge is 0.248 e. The van der Waals surface area contributed by atoms with Crippen LogP contribution in [0.3, 0.4) is 0 Å². The van der Waals surface area contributed by atoms with Crippen molar-refractivity contribution in [2.75, 3.05) is 19.6 Å². The van der Waals surface area contributed by atoms with Gasteiger partial charge in [-0.25, -0.2) is 0 Å². The third-order valence-electron chi connectivity index (χ3n) is 6.58. The van der Waals surface area contributed by atoms with Gasteiger partial charge >= 0.3 is 0 Å². The molecule has 1 unspecified atom stereocenters. The molecule has 0 aliphatic carbocycles. The molecule has 5 nitrogen and oxygen atoms in total. The highest BCUT2D eigenvalue weighted by atomic mass is 16.1. The van der Waals surface area contributed by atoms with Crippen LogP contribution in [0.25, 0.3) is 0 Å². The zero-order chi connectivity index (χ0) is 21.0. The maximum Gasteiger partial charge on any atom is 0.248 e. The molecule has 0 bridgehead atoms. The predicted molar refractivity (Wildman–Crippen MR) is 115 cm³/mol. The van der Waals surface area contributed by atoms with Crippen molar-refractivity contribution in [2.45, 2.75) is 32.1 Å². The van der Waals surface area contributed by atoms with Crippen LogP contribution in [0.1, 0.15) is 41.8 Å². The molecular weight excluding hydrogens is 362 g/mol. The van der Waals surface area contributed by atoms with Crippen molar-refractivity contribution in [3.63, 3.8) is 0 Å². The van der Waals surface area contributed by atoms with Crippen molar-refractivity contribution in [1.29, 1.82) is 0 Å². The number of hydrogen-bond donors (Lipinski definition) is 2. The van der Waals surface area contributed by atoms with E-state index in [1.165, 1.54) is 0 Å². The van der Waals surface area contributed by atoms with Crippen molar-refractivity contribution in [1.82, 2.24) is 4.90 Å². The quantitative estimate of drug-likeness (QED) is 0.758. The average molecular weight is 394 g/mol. The highest BCUT2D eigenvalue weighted by Crippen LogP contribution is 2.39. The van der Waals surface area contributed by atoms with Crippen molar-refractivity contribution >= 4 is 11.8 Å². The molecule has 5 heteroatoms. The van der Waals surface area contributed by atoms with E-state index in [0.717, 1.165) is 30.6 Å². The van der Waals surface area contributed by atoms with Crippen LogP contribution in [-0.2, 0) is 16.6 Å². The normalized spacial score (nSPS) is 23.4. The minimum Gasteiger partial charge on any atom is -0.369 e. The van der Waals surface area contributed by atoms with Gasteiger partial charge < -0.3 is 16.4 Å². The van der Waals surface area contributed by atoms with Gasteiger partial charge in [0.05, 0.1) is 5.92 Å². The number of nitrogens with zero attached hydrogens (tertiary/aromatic N) is 1. The fourth-order valence-electron chi connectivity index (χ4n) is 4.40. The summed E-state index contributed by atoms with van der Waals surface area (Å²) in [6.45, 7) is 6.94. The van der Waals surface area contributed by atoms with Gasteiger partial charge in [0.2, 0.25) is 11.8 Å². The summed E-state index contributed by atoms with van der Waals surface area (Å²) in [5.41, 5.74) is 14.0. The van der Waals surface area contributed by atoms with Gasteiger partial charge in [0.15, 0.2) is 0 Å². The number of nitrogens with two attached hydrogens (primary N) is 2. The summed E-state index contributed by atoms with van der Waals surface area (Å²) < 4.78 is 0. The molecule has 0 saturated carbocycles. The van der Waals surface area contributed by atoms with Crippen LogP contribution in [0.5, 0.6) is 0 Å². The van der Waals surface area contributed by atoms with E-state index in [4.69, 9.17) is 11.5 Å². The fraction of sp³-hybridized carbons (Fsp3) is 0.417. The van der Waals surface area contributed by atoms with Gasteiger partial charge in [0.1, 0.15) is 0 Å². The van der Waals surface area contributed by atoms with Crippen molar-refractivity contribution < 1.29 is 9.59 Å². The number of primary amides is 2. The SMILES string of the molecule is C[C@H]1CN(CC(Cc2ccccc2)C(N)=O)CC[C@@]1(C)c1cccc(C(N)=O)c1. The minimum absolute atomic E-state index is 0.0381. The summed E-state index contributed by atoms with van der Waals surface area (Å²) in [6, 6.07) is 17.7. The number of carbonyl (C=O) groups excluding carboxylic acids is 2. The van der Waals surface area contributed by atoms with E-state index in [0.29, 0.717) is 24.4 Å². The summed E-state index contributed by atoms with van der Waals surface area (Å²) in [6.07, 6.45) is 1.62. The molecular formula is C24H31N3O2. The molecule has 3 rings (SSSR count). The fourth-order valence-corrected chi connectivity index (χ4v) is 4.40. The minimum atomic E-state index is -0.397. The number of amides is 2. The van der Waals surface area contributed by atoms with Crippen LogP contribution in [-0.4, -0.2) is 36.3 Å². The number of carbonyl (C=O) groups is 2. The predicted octanol–water partition coefficient (Wildman–Crippen LogP) is 2.73. The first kappa shape index (κ1) is 21.1. The Kier molecular flexibility index (Phi) is 6.38. The van der Waals surface area contributed by atoms with Crippen LogP contribution in [0, 0.1) is 11.8 Å². The van der Waals surface area contributed by atoms with E-state index in [9.17, 15) is 9.59 Å². The second-order valence-corrected chi connectivity index (χ2v) is 8.56. The molecule has 29 heavy (non-hydrogen) atoms. The molecule has 2 aromatic rings. The molecule has 4 N–H and O–H groups in total. The highest BCUT2D eigenvalue weighted by molar-refractivity contribution is 5.93. The van der Waals surface area contributed by atoms with E-state index < -0.39 is 5.91 Å². The van der Waals surface area contributed by atoms with E-state index >= 15 is 0 Å². The lowest BCUT2D eigenvalue weighted by Crippen LogP contribution is -2.50. The van der Waals surface area contributed by atoms with Crippen LogP contribution in [0.15, 0.2) is 54.6 Å². The Hall–Kier alpha value is -2.66. The molecule has 0 radical (unpaired) electrons. The molecule has 1 aliphatic rings. The Morgan fingerprint density at radius 3 is 2.48 bits per heavy atom. The van der Waals surface area contributed by atoms with Crippen molar-refractivity contribution in [3.05, 3.63) is 71.3 Å². The van der Waals surface area contributed by atoms with Gasteiger partial charge in [-0.2, -0.15) is 0 Å². The van der Waals surface area contributed by atoms with Crippen molar-refractivity contribution in [3.8, 4) is 0 Å². The largest absolute Gasteiger partial charge is 0.369 e. The Balaban J connectivity index is 1.69. The second-order valence-electron chi connectivity index (χ2n) is 8.56. The molecule has 154 valence electrons. The zero-order valence-electron chi connectivity index (χ0n) is 17.3. The van der Waals surface area contributed by atoms with Crippen LogP contribution < -0.4 is 11.5 Å². The van der Waals surface area contributed by atoms with E-state index in [1.54, 1.807) is 6.07 Å². The van der Waals surface area contributed by atoms with Gasteiger partial charge in [-0.3, -0.25) is 9.59 Å². The third kappa shape index (κ3) is 4.85. The van der Waals surface area contributed by atoms with Gasteiger partial charge in [-0.1, -0.05) is 56.3 Å². The lowest BCUT2D eigenvalue weighted by atomic mass is 9.67. The Morgan fingerprint density at radius 2 is 1.86 bits per heavy atom. The van der Waals surface area contributed by atoms with E-state index in [1.807, 2.05) is 42.5 Å². The first-order valence-electron chi connectivity index (χ1n) is 10.3. The molecule has 1 fully saturated rings. The maximum atomic E-state index is 12.1. The number of benzene rings is 2. The molecule has 2 amide bonds. The van der Waals surface area contributed by atoms with Gasteiger partial charge in [0.25, 0.3) is 0 Å². The van der Waals surface area contributed by atoms with Gasteiger partial charge in [0, 0.05) is 18.7 Å². The summed E-state index contributed by atoms with van der Waals surface area (Å²) >= 11 is 0. The molecule has 0 aromatic heterocycles. The van der Waals surface area contributed by atoms with Gasteiger partial charge in [-0.15, -0.1) is 0 Å². The molecule has 1 heterocycles. The Labute approximate surface area is 173 Å². The van der Waals surface area contributed by atoms with Gasteiger partial charge in [-0.05, 0) is 54.0 Å². The standard InChI is InChI=1S/C24H31N3O2/c1-17-15-27(16-20(23(26)29)13-18-7-4-3-5-8-18)12-11-24(17,2)21-10-6-9-19(14-21)22(25)28/h3-10,14,17,20H,11-13,15-16H2,1-2H3,(H2,25,28)(H2,26,29)/t17-,20?,24+/m0/s1. The van der Waals surface area contributed by atoms with Crippen molar-refractivity contribution in [2.24, 2.45) is 23.3 Å². The molecule has 1 saturated heterocycles.